The van der Waals surface area contributed by atoms with Crippen molar-refractivity contribution >= 4 is 28.4 Å². The van der Waals surface area contributed by atoms with Crippen molar-refractivity contribution in [3.63, 3.8) is 0 Å². The number of aromatic amines is 1. The molecule has 198 valence electrons. The fourth-order valence-corrected chi connectivity index (χ4v) is 5.45. The minimum absolute atomic E-state index is 0.0625. The number of pyridine rings is 1. The SMILES string of the molecule is C[C@@H]1CCN1c1nn(CC(C)(C)F)c2cc(-c3[nH]ncc3NC(=O)N3CC(F)(F)CCC34CC4)ncc12. The van der Waals surface area contributed by atoms with Crippen LogP contribution in [-0.4, -0.2) is 72.2 Å². The fourth-order valence-electron chi connectivity index (χ4n) is 5.45. The number of alkyl halides is 3. The number of hydrogen-bond acceptors (Lipinski definition) is 5. The molecule has 3 fully saturated rings. The molecule has 9 nitrogen and oxygen atoms in total. The molecule has 1 atom stereocenters. The van der Waals surface area contributed by atoms with Crippen molar-refractivity contribution < 1.29 is 18.0 Å². The van der Waals surface area contributed by atoms with Crippen LogP contribution in [0.3, 0.4) is 0 Å². The zero-order valence-electron chi connectivity index (χ0n) is 21.2. The summed E-state index contributed by atoms with van der Waals surface area (Å²) in [7, 11) is 0. The third kappa shape index (κ3) is 4.29. The standard InChI is InChI=1S/C25H31F3N8O/c1-15-4-9-34(15)21-16-11-29-17(10-19(16)36(33-21)13-23(2,3)26)20-18(12-30-32-20)31-22(37)35-14-25(27,28)8-7-24(35)5-6-24/h10-12,15H,4-9,13-14H2,1-3H3,(H,30,32)(H,31,37)/t15-/m1/s1. The average molecular weight is 517 g/mol. The lowest BCUT2D eigenvalue weighted by atomic mass is 9.97. The van der Waals surface area contributed by atoms with Crippen molar-refractivity contribution in [1.82, 2.24) is 29.9 Å². The monoisotopic (exact) mass is 516 g/mol. The first-order valence-electron chi connectivity index (χ1n) is 12.8. The Morgan fingerprint density at radius 2 is 2.00 bits per heavy atom. The molecule has 3 aliphatic rings. The summed E-state index contributed by atoms with van der Waals surface area (Å²) in [6, 6.07) is 1.57. The molecule has 3 aromatic heterocycles. The van der Waals surface area contributed by atoms with Gasteiger partial charge in [0, 0.05) is 30.7 Å². The number of aromatic nitrogens is 5. The molecule has 1 saturated carbocycles. The molecule has 0 bridgehead atoms. The normalized spacial score (nSPS) is 22.4. The van der Waals surface area contributed by atoms with Gasteiger partial charge in [-0.25, -0.2) is 18.0 Å². The molecule has 3 aromatic rings. The van der Waals surface area contributed by atoms with Crippen molar-refractivity contribution in [3.05, 3.63) is 18.5 Å². The first-order valence-corrected chi connectivity index (χ1v) is 12.8. The number of halogens is 3. The van der Waals surface area contributed by atoms with E-state index in [9.17, 15) is 18.0 Å². The molecule has 0 unspecified atom stereocenters. The molecule has 2 N–H and O–H groups in total. The largest absolute Gasteiger partial charge is 0.352 e. The summed E-state index contributed by atoms with van der Waals surface area (Å²) in [5.74, 6) is -2.12. The Hall–Kier alpha value is -3.31. The Bertz CT molecular complexity index is 1360. The van der Waals surface area contributed by atoms with Crippen molar-refractivity contribution in [1.29, 1.82) is 0 Å². The highest BCUT2D eigenvalue weighted by Crippen LogP contribution is 2.51. The smallest absolute Gasteiger partial charge is 0.322 e. The molecule has 0 radical (unpaired) electrons. The predicted molar refractivity (Wildman–Crippen MR) is 134 cm³/mol. The second kappa shape index (κ2) is 8.09. The predicted octanol–water partition coefficient (Wildman–Crippen LogP) is 4.96. The van der Waals surface area contributed by atoms with Gasteiger partial charge in [-0.15, -0.1) is 0 Å². The Morgan fingerprint density at radius 1 is 1.24 bits per heavy atom. The fraction of sp³-hybridized carbons (Fsp3) is 0.600. The molecule has 1 aliphatic carbocycles. The lowest BCUT2D eigenvalue weighted by Gasteiger charge is -2.40. The minimum atomic E-state index is -2.90. The Kier molecular flexibility index (Phi) is 5.26. The zero-order valence-corrected chi connectivity index (χ0v) is 21.2. The number of hydrogen-bond donors (Lipinski definition) is 2. The van der Waals surface area contributed by atoms with Crippen LogP contribution in [0.4, 0.5) is 29.5 Å². The van der Waals surface area contributed by atoms with Crippen LogP contribution < -0.4 is 10.2 Å². The van der Waals surface area contributed by atoms with Gasteiger partial charge >= 0.3 is 6.03 Å². The number of piperidine rings is 1. The third-order valence-electron chi connectivity index (χ3n) is 7.86. The van der Waals surface area contributed by atoms with E-state index in [2.05, 4.69) is 32.3 Å². The van der Waals surface area contributed by atoms with E-state index in [1.54, 1.807) is 16.9 Å². The number of urea groups is 1. The Morgan fingerprint density at radius 3 is 2.65 bits per heavy atom. The first-order chi connectivity index (χ1) is 17.4. The summed E-state index contributed by atoms with van der Waals surface area (Å²) in [5, 5.41) is 15.2. The molecule has 12 heteroatoms. The summed E-state index contributed by atoms with van der Waals surface area (Å²) >= 11 is 0. The molecule has 37 heavy (non-hydrogen) atoms. The topological polar surface area (TPSA) is 95.0 Å². The van der Waals surface area contributed by atoms with E-state index in [1.165, 1.54) is 24.9 Å². The number of fused-ring (bicyclic) bond motifs is 1. The van der Waals surface area contributed by atoms with Gasteiger partial charge in [0.2, 0.25) is 0 Å². The molecule has 2 saturated heterocycles. The van der Waals surface area contributed by atoms with E-state index in [1.807, 2.05) is 0 Å². The van der Waals surface area contributed by atoms with E-state index >= 15 is 0 Å². The van der Waals surface area contributed by atoms with Crippen molar-refractivity contribution in [2.24, 2.45) is 0 Å². The molecular formula is C25H31F3N8O. The number of carbonyl (C=O) groups is 1. The van der Waals surface area contributed by atoms with Crippen LogP contribution >= 0.6 is 0 Å². The highest BCUT2D eigenvalue weighted by atomic mass is 19.3. The molecule has 5 heterocycles. The molecule has 6 rings (SSSR count). The summed E-state index contributed by atoms with van der Waals surface area (Å²) in [6.07, 6.45) is 5.79. The summed E-state index contributed by atoms with van der Waals surface area (Å²) in [5.41, 5.74) is 0.0200. The van der Waals surface area contributed by atoms with E-state index in [-0.39, 0.29) is 13.0 Å². The lowest BCUT2D eigenvalue weighted by Crippen LogP contribution is -2.54. The highest BCUT2D eigenvalue weighted by molar-refractivity contribution is 5.96. The van der Waals surface area contributed by atoms with Crippen molar-refractivity contribution in [3.8, 4) is 11.4 Å². The summed E-state index contributed by atoms with van der Waals surface area (Å²) in [6.45, 7) is 5.49. The second-order valence-electron chi connectivity index (χ2n) is 11.4. The van der Waals surface area contributed by atoms with Gasteiger partial charge in [-0.3, -0.25) is 14.8 Å². The van der Waals surface area contributed by atoms with E-state index in [0.717, 1.165) is 37.0 Å². The third-order valence-corrected chi connectivity index (χ3v) is 7.86. The van der Waals surface area contributed by atoms with E-state index < -0.39 is 29.7 Å². The maximum absolute atomic E-state index is 14.7. The second-order valence-corrected chi connectivity index (χ2v) is 11.4. The number of likely N-dealkylation sites (tertiary alicyclic amines) is 1. The van der Waals surface area contributed by atoms with Crippen LogP contribution in [-0.2, 0) is 6.54 Å². The van der Waals surface area contributed by atoms with Crippen LogP contribution in [0.2, 0.25) is 0 Å². The highest BCUT2D eigenvalue weighted by Gasteiger charge is 2.57. The minimum Gasteiger partial charge on any atom is -0.352 e. The van der Waals surface area contributed by atoms with Gasteiger partial charge in [0.05, 0.1) is 41.6 Å². The summed E-state index contributed by atoms with van der Waals surface area (Å²) in [4.78, 5) is 21.2. The number of H-pyrrole nitrogens is 1. The maximum Gasteiger partial charge on any atom is 0.322 e. The van der Waals surface area contributed by atoms with E-state index in [4.69, 9.17) is 5.10 Å². The molecule has 2 amide bonds. The number of carbonyl (C=O) groups excluding carboxylic acids is 1. The maximum atomic E-state index is 14.7. The van der Waals surface area contributed by atoms with E-state index in [0.29, 0.717) is 35.1 Å². The van der Waals surface area contributed by atoms with Gasteiger partial charge in [-0.05, 0) is 52.5 Å². The van der Waals surface area contributed by atoms with Crippen molar-refractivity contribution in [2.45, 2.75) is 82.6 Å². The van der Waals surface area contributed by atoms with Crippen LogP contribution in [0.15, 0.2) is 18.5 Å². The molecule has 1 spiro atoms. The first kappa shape index (κ1) is 24.1. The quantitative estimate of drug-likeness (QED) is 0.500. The average Bonchev–Trinajstić information content (AvgIpc) is 3.32. The van der Waals surface area contributed by atoms with Gasteiger partial charge in [-0.1, -0.05) is 0 Å². The molecule has 0 aromatic carbocycles. The number of anilines is 2. The molecule has 2 aliphatic heterocycles. The molecular weight excluding hydrogens is 485 g/mol. The van der Waals surface area contributed by atoms with Gasteiger partial charge in [-0.2, -0.15) is 10.2 Å². The van der Waals surface area contributed by atoms with Gasteiger partial charge in [0.25, 0.3) is 5.92 Å². The Labute approximate surface area is 212 Å². The van der Waals surface area contributed by atoms with Gasteiger partial charge in [0.1, 0.15) is 11.4 Å². The summed E-state index contributed by atoms with van der Waals surface area (Å²) < 4.78 is 44.6. The lowest BCUT2D eigenvalue weighted by molar-refractivity contribution is -0.0721. The zero-order chi connectivity index (χ0) is 26.2. The van der Waals surface area contributed by atoms with Crippen molar-refractivity contribution in [2.75, 3.05) is 23.3 Å². The number of amides is 2. The van der Waals surface area contributed by atoms with Crippen LogP contribution in [0, 0.1) is 0 Å². The number of rotatable bonds is 5. The van der Waals surface area contributed by atoms with Crippen LogP contribution in [0.1, 0.15) is 52.9 Å². The number of nitrogens with zero attached hydrogens (tertiary/aromatic N) is 6. The van der Waals surface area contributed by atoms with Crippen LogP contribution in [0.25, 0.3) is 22.3 Å². The van der Waals surface area contributed by atoms with Crippen LogP contribution in [0.5, 0.6) is 0 Å². The number of nitrogens with one attached hydrogen (secondary N) is 2. The van der Waals surface area contributed by atoms with Gasteiger partial charge < -0.3 is 15.1 Å². The van der Waals surface area contributed by atoms with Gasteiger partial charge in [0.15, 0.2) is 5.82 Å². The Balaban J connectivity index is 1.32.